The summed E-state index contributed by atoms with van der Waals surface area (Å²) in [6.45, 7) is 0. The van der Waals surface area contributed by atoms with Gasteiger partial charge >= 0.3 is 0 Å². The van der Waals surface area contributed by atoms with Gasteiger partial charge in [-0.05, 0) is 11.5 Å². The van der Waals surface area contributed by atoms with E-state index in [0.717, 1.165) is 16.5 Å². The molecule has 0 amide bonds. The first kappa shape index (κ1) is 10.1. The van der Waals surface area contributed by atoms with E-state index in [1.807, 2.05) is 42.5 Å². The van der Waals surface area contributed by atoms with Crippen LogP contribution in [0.5, 0.6) is 0 Å². The molecule has 0 saturated carbocycles. The highest BCUT2D eigenvalue weighted by molar-refractivity contribution is 7.77. The molecule has 15 heavy (non-hydrogen) atoms. The van der Waals surface area contributed by atoms with E-state index in [4.69, 9.17) is 4.55 Å². The van der Waals surface area contributed by atoms with Gasteiger partial charge in [-0.15, -0.1) is 4.83 Å². The molecule has 0 heterocycles. The van der Waals surface area contributed by atoms with Crippen LogP contribution in [0.1, 0.15) is 0 Å². The zero-order valence-corrected chi connectivity index (χ0v) is 8.62. The number of hydrazine groups is 1. The third-order valence-electron chi connectivity index (χ3n) is 2.06. The zero-order chi connectivity index (χ0) is 10.7. The highest BCUT2D eigenvalue weighted by Gasteiger charge is 1.99. The number of rotatable bonds is 3. The third-order valence-corrected chi connectivity index (χ3v) is 2.34. The van der Waals surface area contributed by atoms with Crippen LogP contribution in [0.25, 0.3) is 10.8 Å². The zero-order valence-electron chi connectivity index (χ0n) is 7.81. The highest BCUT2D eigenvalue weighted by Crippen LogP contribution is 2.21. The van der Waals surface area contributed by atoms with E-state index in [-0.39, 0.29) is 0 Å². The van der Waals surface area contributed by atoms with Gasteiger partial charge in [0.2, 0.25) is 11.3 Å². The minimum absolute atomic E-state index is 0.774. The Morgan fingerprint density at radius 1 is 1.07 bits per heavy atom. The van der Waals surface area contributed by atoms with Crippen molar-refractivity contribution in [1.82, 2.24) is 4.83 Å². The molecule has 0 fully saturated rings. The summed E-state index contributed by atoms with van der Waals surface area (Å²) < 4.78 is 19.0. The predicted molar refractivity (Wildman–Crippen MR) is 61.5 cm³/mol. The molecule has 2 aromatic rings. The lowest BCUT2D eigenvalue weighted by molar-refractivity contribution is 0.555. The average Bonchev–Trinajstić information content (AvgIpc) is 2.26. The third kappa shape index (κ3) is 2.33. The number of hydrogen-bond acceptors (Lipinski definition) is 2. The van der Waals surface area contributed by atoms with Crippen molar-refractivity contribution in [2.45, 2.75) is 0 Å². The molecular weight excluding hydrogens is 212 g/mol. The predicted octanol–water partition coefficient (Wildman–Crippen LogP) is 1.89. The quantitative estimate of drug-likeness (QED) is 0.549. The Balaban J connectivity index is 2.38. The Hall–Kier alpha value is -1.43. The Bertz CT molecular complexity index is 496. The summed E-state index contributed by atoms with van der Waals surface area (Å²) in [4.78, 5) is 2.23. The van der Waals surface area contributed by atoms with Gasteiger partial charge < -0.3 is 5.43 Å². The lowest BCUT2D eigenvalue weighted by Gasteiger charge is -2.07. The molecular formula is C10H10N2O2S. The van der Waals surface area contributed by atoms with Crippen molar-refractivity contribution in [3.8, 4) is 0 Å². The highest BCUT2D eigenvalue weighted by atomic mass is 32.2. The second-order valence-electron chi connectivity index (χ2n) is 3.00. The summed E-state index contributed by atoms with van der Waals surface area (Å²) in [5, 5.41) is 2.07. The molecule has 1 atom stereocenters. The van der Waals surface area contributed by atoms with Crippen molar-refractivity contribution in [2.75, 3.05) is 5.43 Å². The van der Waals surface area contributed by atoms with Crippen LogP contribution >= 0.6 is 0 Å². The number of hydrogen-bond donors (Lipinski definition) is 3. The number of nitrogens with one attached hydrogen (secondary N) is 2. The van der Waals surface area contributed by atoms with Crippen molar-refractivity contribution < 1.29 is 8.76 Å². The summed E-state index contributed by atoms with van der Waals surface area (Å²) in [5.41, 5.74) is 3.46. The van der Waals surface area contributed by atoms with Crippen molar-refractivity contribution in [3.63, 3.8) is 0 Å². The van der Waals surface area contributed by atoms with Crippen LogP contribution in [0.15, 0.2) is 42.5 Å². The van der Waals surface area contributed by atoms with E-state index in [9.17, 15) is 4.21 Å². The normalized spacial score (nSPS) is 12.6. The fourth-order valence-corrected chi connectivity index (χ4v) is 1.63. The Morgan fingerprint density at radius 2 is 1.80 bits per heavy atom. The lowest BCUT2D eigenvalue weighted by Crippen LogP contribution is -2.23. The fourth-order valence-electron chi connectivity index (χ4n) is 1.43. The molecule has 0 aliphatic carbocycles. The maximum Gasteiger partial charge on any atom is 0.250 e. The molecule has 0 saturated heterocycles. The van der Waals surface area contributed by atoms with Gasteiger partial charge in [0, 0.05) is 5.39 Å². The van der Waals surface area contributed by atoms with Crippen LogP contribution in [0, 0.1) is 0 Å². The molecule has 0 aliphatic rings. The van der Waals surface area contributed by atoms with Crippen molar-refractivity contribution in [3.05, 3.63) is 42.5 Å². The molecule has 78 valence electrons. The van der Waals surface area contributed by atoms with Gasteiger partial charge in [-0.3, -0.25) is 4.55 Å². The summed E-state index contributed by atoms with van der Waals surface area (Å²) in [7, 11) is 0. The molecule has 3 N–H and O–H groups in total. The van der Waals surface area contributed by atoms with Gasteiger partial charge in [0.15, 0.2) is 0 Å². The van der Waals surface area contributed by atoms with Crippen LogP contribution in [0.3, 0.4) is 0 Å². The van der Waals surface area contributed by atoms with E-state index in [2.05, 4.69) is 10.3 Å². The lowest BCUT2D eigenvalue weighted by atomic mass is 10.1. The molecule has 0 bridgehead atoms. The molecule has 0 aromatic heterocycles. The van der Waals surface area contributed by atoms with Gasteiger partial charge in [-0.25, -0.2) is 4.21 Å². The topological polar surface area (TPSA) is 61.4 Å². The smallest absolute Gasteiger partial charge is 0.250 e. The van der Waals surface area contributed by atoms with Crippen molar-refractivity contribution in [2.24, 2.45) is 0 Å². The van der Waals surface area contributed by atoms with Crippen LogP contribution in [-0.2, 0) is 11.3 Å². The SMILES string of the molecule is O=S(O)NNc1cccc2ccccc12. The summed E-state index contributed by atoms with van der Waals surface area (Å²) in [5.74, 6) is 0. The van der Waals surface area contributed by atoms with Crippen molar-refractivity contribution in [1.29, 1.82) is 0 Å². The molecule has 1 unspecified atom stereocenters. The molecule has 0 spiro atoms. The van der Waals surface area contributed by atoms with Gasteiger partial charge in [-0.2, -0.15) is 0 Å². The van der Waals surface area contributed by atoms with Crippen LogP contribution < -0.4 is 10.3 Å². The first-order valence-corrected chi connectivity index (χ1v) is 5.48. The van der Waals surface area contributed by atoms with Gasteiger partial charge in [0.1, 0.15) is 0 Å². The summed E-state index contributed by atoms with van der Waals surface area (Å²) >= 11 is -2.07. The van der Waals surface area contributed by atoms with Gasteiger partial charge in [0.05, 0.1) is 5.69 Å². The Kier molecular flexibility index (Phi) is 2.96. The van der Waals surface area contributed by atoms with Gasteiger partial charge in [-0.1, -0.05) is 36.4 Å². The Labute approximate surface area is 89.7 Å². The molecule has 2 rings (SSSR count). The van der Waals surface area contributed by atoms with E-state index >= 15 is 0 Å². The van der Waals surface area contributed by atoms with E-state index < -0.39 is 11.3 Å². The minimum atomic E-state index is -2.07. The fraction of sp³-hybridized carbons (Fsp3) is 0. The van der Waals surface area contributed by atoms with Gasteiger partial charge in [0.25, 0.3) is 0 Å². The average molecular weight is 222 g/mol. The molecule has 0 radical (unpaired) electrons. The number of fused-ring (bicyclic) bond motifs is 1. The van der Waals surface area contributed by atoms with Crippen LogP contribution in [0.2, 0.25) is 0 Å². The number of benzene rings is 2. The Morgan fingerprint density at radius 3 is 2.60 bits per heavy atom. The molecule has 2 aromatic carbocycles. The summed E-state index contributed by atoms with van der Waals surface area (Å²) in [6, 6.07) is 13.5. The second-order valence-corrected chi connectivity index (χ2v) is 3.71. The minimum Gasteiger partial charge on any atom is -0.308 e. The molecule has 0 aliphatic heterocycles. The van der Waals surface area contributed by atoms with E-state index in [1.54, 1.807) is 0 Å². The maximum absolute atomic E-state index is 10.4. The van der Waals surface area contributed by atoms with Crippen molar-refractivity contribution >= 4 is 27.7 Å². The summed E-state index contributed by atoms with van der Waals surface area (Å²) in [6.07, 6.45) is 0. The van der Waals surface area contributed by atoms with Crippen LogP contribution in [-0.4, -0.2) is 8.76 Å². The maximum atomic E-state index is 10.4. The first-order valence-electron chi connectivity index (χ1n) is 4.37. The standard InChI is InChI=1S/C10H10N2O2S/c13-15(14)12-11-10-7-3-5-8-4-1-2-6-9(8)10/h1-7,11-12H,(H,13,14). The second kappa shape index (κ2) is 4.39. The van der Waals surface area contributed by atoms with E-state index in [0.29, 0.717) is 0 Å². The monoisotopic (exact) mass is 222 g/mol. The number of anilines is 1. The first-order chi connectivity index (χ1) is 7.27. The van der Waals surface area contributed by atoms with Crippen LogP contribution in [0.4, 0.5) is 5.69 Å². The molecule has 4 nitrogen and oxygen atoms in total. The van der Waals surface area contributed by atoms with E-state index in [1.165, 1.54) is 0 Å². The largest absolute Gasteiger partial charge is 0.308 e. The molecule has 5 heteroatoms.